The maximum Gasteiger partial charge on any atom is 0.282 e. The van der Waals surface area contributed by atoms with E-state index in [1.54, 1.807) is 6.92 Å². The van der Waals surface area contributed by atoms with Gasteiger partial charge in [-0.05, 0) is 26.2 Å². The average molecular weight is 216 g/mol. The lowest BCUT2D eigenvalue weighted by Gasteiger charge is -2.28. The Kier molecular flexibility index (Phi) is 3.30. The molecule has 0 aliphatic carbocycles. The van der Waals surface area contributed by atoms with Gasteiger partial charge in [0.1, 0.15) is 6.10 Å². The van der Waals surface area contributed by atoms with Crippen LogP contribution in [0, 0.1) is 0 Å². The molecule has 2 fully saturated rings. The molecule has 4 unspecified atom stereocenters. The maximum absolute atomic E-state index is 5.77. The van der Waals surface area contributed by atoms with Gasteiger partial charge >= 0.3 is 0 Å². The third-order valence-corrected chi connectivity index (χ3v) is 2.96. The van der Waals surface area contributed by atoms with Crippen molar-refractivity contribution in [2.24, 2.45) is 0 Å². The zero-order chi connectivity index (χ0) is 10.9. The number of rotatable bonds is 3. The Morgan fingerprint density at radius 3 is 2.73 bits per heavy atom. The van der Waals surface area contributed by atoms with Gasteiger partial charge in [-0.1, -0.05) is 6.92 Å². The van der Waals surface area contributed by atoms with Crippen molar-refractivity contribution in [2.75, 3.05) is 6.61 Å². The lowest BCUT2D eigenvalue weighted by atomic mass is 10.0. The van der Waals surface area contributed by atoms with Crippen molar-refractivity contribution >= 4 is 0 Å². The quantitative estimate of drug-likeness (QED) is 0.723. The summed E-state index contributed by atoms with van der Waals surface area (Å²) in [5.41, 5.74) is 0. The summed E-state index contributed by atoms with van der Waals surface area (Å²) in [5, 5.41) is 0. The Morgan fingerprint density at radius 1 is 1.27 bits per heavy atom. The van der Waals surface area contributed by atoms with Crippen molar-refractivity contribution in [1.29, 1.82) is 0 Å². The van der Waals surface area contributed by atoms with Gasteiger partial charge in [-0.15, -0.1) is 0 Å². The zero-order valence-electron chi connectivity index (χ0n) is 9.69. The molecule has 2 saturated heterocycles. The van der Waals surface area contributed by atoms with Crippen LogP contribution in [0.25, 0.3) is 0 Å². The van der Waals surface area contributed by atoms with Crippen molar-refractivity contribution in [3.05, 3.63) is 0 Å². The predicted molar refractivity (Wildman–Crippen MR) is 54.2 cm³/mol. The molecule has 88 valence electrons. The topological polar surface area (TPSA) is 36.9 Å². The molecule has 4 atom stereocenters. The summed E-state index contributed by atoms with van der Waals surface area (Å²) in [6.07, 6.45) is 3.15. The molecule has 0 N–H and O–H groups in total. The fourth-order valence-corrected chi connectivity index (χ4v) is 2.19. The molecule has 0 bridgehead atoms. The lowest BCUT2D eigenvalue weighted by Crippen LogP contribution is -2.36. The molecule has 2 rings (SSSR count). The first-order valence-corrected chi connectivity index (χ1v) is 5.82. The Labute approximate surface area is 90.8 Å². The SMILES string of the molecule is CCOC1(C)OC2CCC(CC)OC2O1. The molecule has 15 heavy (non-hydrogen) atoms. The number of hydrogen-bond acceptors (Lipinski definition) is 4. The van der Waals surface area contributed by atoms with Crippen LogP contribution < -0.4 is 0 Å². The van der Waals surface area contributed by atoms with Gasteiger partial charge in [0.15, 0.2) is 6.29 Å². The van der Waals surface area contributed by atoms with Crippen molar-refractivity contribution in [3.8, 4) is 0 Å². The lowest BCUT2D eigenvalue weighted by molar-refractivity contribution is -0.341. The molecule has 2 heterocycles. The highest BCUT2D eigenvalue weighted by atomic mass is 16.9. The van der Waals surface area contributed by atoms with Gasteiger partial charge in [-0.25, -0.2) is 0 Å². The Morgan fingerprint density at radius 2 is 2.07 bits per heavy atom. The summed E-state index contributed by atoms with van der Waals surface area (Å²) in [6.45, 7) is 6.43. The van der Waals surface area contributed by atoms with Crippen LogP contribution in [0.4, 0.5) is 0 Å². The third kappa shape index (κ3) is 2.33. The van der Waals surface area contributed by atoms with Crippen LogP contribution in [0.5, 0.6) is 0 Å². The molecule has 2 aliphatic heterocycles. The van der Waals surface area contributed by atoms with E-state index in [1.165, 1.54) is 0 Å². The second kappa shape index (κ2) is 4.37. The van der Waals surface area contributed by atoms with E-state index < -0.39 is 5.97 Å². The molecule has 0 radical (unpaired) electrons. The molecule has 0 aromatic carbocycles. The van der Waals surface area contributed by atoms with Crippen molar-refractivity contribution in [1.82, 2.24) is 0 Å². The van der Waals surface area contributed by atoms with Crippen molar-refractivity contribution in [3.63, 3.8) is 0 Å². The summed E-state index contributed by atoms with van der Waals surface area (Å²) in [7, 11) is 0. The normalized spacial score (nSPS) is 45.4. The Bertz CT molecular complexity index is 221. The third-order valence-electron chi connectivity index (χ3n) is 2.96. The van der Waals surface area contributed by atoms with Crippen LogP contribution in [-0.2, 0) is 18.9 Å². The van der Waals surface area contributed by atoms with E-state index in [4.69, 9.17) is 18.9 Å². The van der Waals surface area contributed by atoms with E-state index in [-0.39, 0.29) is 12.4 Å². The minimum atomic E-state index is -0.910. The first kappa shape index (κ1) is 11.3. The highest BCUT2D eigenvalue weighted by molar-refractivity contribution is 4.80. The molecule has 0 amide bonds. The van der Waals surface area contributed by atoms with Gasteiger partial charge in [-0.3, -0.25) is 4.74 Å². The molecule has 4 heteroatoms. The van der Waals surface area contributed by atoms with E-state index in [0.29, 0.717) is 12.7 Å². The Balaban J connectivity index is 1.95. The van der Waals surface area contributed by atoms with Gasteiger partial charge in [0.05, 0.1) is 6.10 Å². The standard InChI is InChI=1S/C11H20O4/c1-4-8-6-7-9-10(13-8)15-11(3,14-9)12-5-2/h8-10H,4-7H2,1-3H3. The van der Waals surface area contributed by atoms with Gasteiger partial charge in [-0.2, -0.15) is 0 Å². The van der Waals surface area contributed by atoms with E-state index in [9.17, 15) is 0 Å². The fraction of sp³-hybridized carbons (Fsp3) is 1.00. The van der Waals surface area contributed by atoms with Crippen LogP contribution in [0.3, 0.4) is 0 Å². The molecule has 0 spiro atoms. The molecule has 0 aromatic heterocycles. The molecule has 4 nitrogen and oxygen atoms in total. The largest absolute Gasteiger partial charge is 0.346 e. The number of hydrogen-bond donors (Lipinski definition) is 0. The first-order valence-electron chi connectivity index (χ1n) is 5.82. The number of fused-ring (bicyclic) bond motifs is 1. The van der Waals surface area contributed by atoms with Crippen molar-refractivity contribution < 1.29 is 18.9 Å². The maximum atomic E-state index is 5.77. The van der Waals surface area contributed by atoms with E-state index in [1.807, 2.05) is 6.92 Å². The summed E-state index contributed by atoms with van der Waals surface area (Å²) in [4.78, 5) is 0. The zero-order valence-corrected chi connectivity index (χ0v) is 9.69. The van der Waals surface area contributed by atoms with E-state index >= 15 is 0 Å². The molecule has 2 aliphatic rings. The van der Waals surface area contributed by atoms with Crippen LogP contribution in [0.1, 0.15) is 40.0 Å². The summed E-state index contributed by atoms with van der Waals surface area (Å²) < 4.78 is 22.6. The van der Waals surface area contributed by atoms with Crippen LogP contribution in [-0.4, -0.2) is 31.1 Å². The van der Waals surface area contributed by atoms with Gasteiger partial charge in [0.2, 0.25) is 0 Å². The molecule has 0 aromatic rings. The molecular weight excluding hydrogens is 196 g/mol. The smallest absolute Gasteiger partial charge is 0.282 e. The van der Waals surface area contributed by atoms with Crippen molar-refractivity contribution in [2.45, 2.75) is 64.5 Å². The monoisotopic (exact) mass is 216 g/mol. The summed E-state index contributed by atoms with van der Waals surface area (Å²) in [6, 6.07) is 0. The minimum absolute atomic E-state index is 0.0318. The Hall–Kier alpha value is -0.160. The minimum Gasteiger partial charge on any atom is -0.346 e. The van der Waals surface area contributed by atoms with E-state index in [2.05, 4.69) is 6.92 Å². The second-order valence-corrected chi connectivity index (χ2v) is 4.18. The molecular formula is C11H20O4. The van der Waals surface area contributed by atoms with Crippen LogP contribution in [0.15, 0.2) is 0 Å². The van der Waals surface area contributed by atoms with Gasteiger partial charge in [0.25, 0.3) is 5.97 Å². The predicted octanol–water partition coefficient (Wildman–Crippen LogP) is 2.03. The molecule has 0 saturated carbocycles. The fourth-order valence-electron chi connectivity index (χ4n) is 2.19. The second-order valence-electron chi connectivity index (χ2n) is 4.18. The summed E-state index contributed by atoms with van der Waals surface area (Å²) in [5.74, 6) is -0.910. The summed E-state index contributed by atoms with van der Waals surface area (Å²) >= 11 is 0. The van der Waals surface area contributed by atoms with Crippen LogP contribution in [0.2, 0.25) is 0 Å². The highest BCUT2D eigenvalue weighted by Gasteiger charge is 2.48. The average Bonchev–Trinajstić information content (AvgIpc) is 2.53. The number of ether oxygens (including phenoxy) is 4. The highest BCUT2D eigenvalue weighted by Crippen LogP contribution is 2.37. The first-order chi connectivity index (χ1) is 7.17. The van der Waals surface area contributed by atoms with Gasteiger partial charge < -0.3 is 14.2 Å². The van der Waals surface area contributed by atoms with Crippen LogP contribution >= 0.6 is 0 Å². The van der Waals surface area contributed by atoms with E-state index in [0.717, 1.165) is 19.3 Å². The van der Waals surface area contributed by atoms with Gasteiger partial charge in [0, 0.05) is 13.5 Å².